The first-order chi connectivity index (χ1) is 8.08. The van der Waals surface area contributed by atoms with Crippen LogP contribution in [0.5, 0.6) is 0 Å². The van der Waals surface area contributed by atoms with Crippen molar-refractivity contribution in [3.05, 3.63) is 41.0 Å². The van der Waals surface area contributed by atoms with Crippen molar-refractivity contribution in [3.63, 3.8) is 0 Å². The molecule has 2 aromatic rings. The standard InChI is InChI=1S/C13H12ClNO2/c1-8(2)17-13(16)11-7-6-9-4-3-5-10(14)12(9)15-11/h3-8H,1-2H3. The maximum absolute atomic E-state index is 11.7. The predicted octanol–water partition coefficient (Wildman–Crippen LogP) is 3.45. The smallest absolute Gasteiger partial charge is 0.357 e. The minimum atomic E-state index is -0.429. The van der Waals surface area contributed by atoms with Gasteiger partial charge in [-0.15, -0.1) is 0 Å². The minimum absolute atomic E-state index is 0.161. The second-order valence-electron chi connectivity index (χ2n) is 3.96. The highest BCUT2D eigenvalue weighted by Gasteiger charge is 2.12. The number of hydrogen-bond donors (Lipinski definition) is 0. The molecule has 4 heteroatoms. The lowest BCUT2D eigenvalue weighted by Crippen LogP contribution is -2.13. The van der Waals surface area contributed by atoms with Crippen LogP contribution in [0.4, 0.5) is 0 Å². The van der Waals surface area contributed by atoms with Gasteiger partial charge in [0, 0.05) is 5.39 Å². The van der Waals surface area contributed by atoms with Crippen LogP contribution in [0.2, 0.25) is 5.02 Å². The summed E-state index contributed by atoms with van der Waals surface area (Å²) >= 11 is 6.02. The largest absolute Gasteiger partial charge is 0.458 e. The Labute approximate surface area is 104 Å². The van der Waals surface area contributed by atoms with Crippen molar-refractivity contribution >= 4 is 28.5 Å². The molecule has 1 heterocycles. The molecule has 0 bridgehead atoms. The van der Waals surface area contributed by atoms with Gasteiger partial charge in [-0.25, -0.2) is 9.78 Å². The van der Waals surface area contributed by atoms with Crippen LogP contribution in [-0.4, -0.2) is 17.1 Å². The fourth-order valence-electron chi connectivity index (χ4n) is 1.50. The number of benzene rings is 1. The first-order valence-electron chi connectivity index (χ1n) is 5.34. The topological polar surface area (TPSA) is 39.2 Å². The highest BCUT2D eigenvalue weighted by atomic mass is 35.5. The van der Waals surface area contributed by atoms with Crippen molar-refractivity contribution in [2.24, 2.45) is 0 Å². The minimum Gasteiger partial charge on any atom is -0.458 e. The zero-order valence-corrected chi connectivity index (χ0v) is 10.4. The molecule has 0 aliphatic heterocycles. The van der Waals surface area contributed by atoms with Crippen LogP contribution in [-0.2, 0) is 4.74 Å². The SMILES string of the molecule is CC(C)OC(=O)c1ccc2cccc(Cl)c2n1. The molecule has 0 aliphatic rings. The fourth-order valence-corrected chi connectivity index (χ4v) is 1.72. The van der Waals surface area contributed by atoms with Gasteiger partial charge in [-0.05, 0) is 26.0 Å². The Hall–Kier alpha value is -1.61. The molecule has 0 saturated heterocycles. The number of ether oxygens (including phenoxy) is 1. The first-order valence-corrected chi connectivity index (χ1v) is 5.72. The summed E-state index contributed by atoms with van der Waals surface area (Å²) in [5, 5.41) is 1.43. The van der Waals surface area contributed by atoms with E-state index >= 15 is 0 Å². The average molecular weight is 250 g/mol. The number of halogens is 1. The van der Waals surface area contributed by atoms with Crippen LogP contribution >= 0.6 is 11.6 Å². The molecule has 0 fully saturated rings. The maximum atomic E-state index is 11.7. The molecular formula is C13H12ClNO2. The number of carbonyl (C=O) groups excluding carboxylic acids is 1. The van der Waals surface area contributed by atoms with E-state index in [1.54, 1.807) is 26.0 Å². The Morgan fingerprint density at radius 3 is 2.76 bits per heavy atom. The van der Waals surface area contributed by atoms with Crippen molar-refractivity contribution in [2.45, 2.75) is 20.0 Å². The van der Waals surface area contributed by atoms with E-state index in [4.69, 9.17) is 16.3 Å². The molecule has 17 heavy (non-hydrogen) atoms. The number of pyridine rings is 1. The van der Waals surface area contributed by atoms with Crippen LogP contribution in [0.25, 0.3) is 10.9 Å². The third-order valence-electron chi connectivity index (χ3n) is 2.22. The van der Waals surface area contributed by atoms with Crippen LogP contribution in [0.15, 0.2) is 30.3 Å². The van der Waals surface area contributed by atoms with Gasteiger partial charge in [0.05, 0.1) is 16.6 Å². The van der Waals surface area contributed by atoms with E-state index in [0.717, 1.165) is 5.39 Å². The summed E-state index contributed by atoms with van der Waals surface area (Å²) in [7, 11) is 0. The number of hydrogen-bond acceptors (Lipinski definition) is 3. The predicted molar refractivity (Wildman–Crippen MR) is 67.3 cm³/mol. The van der Waals surface area contributed by atoms with Gasteiger partial charge in [0.1, 0.15) is 5.69 Å². The van der Waals surface area contributed by atoms with E-state index in [1.807, 2.05) is 18.2 Å². The van der Waals surface area contributed by atoms with Gasteiger partial charge in [0.2, 0.25) is 0 Å². The zero-order valence-electron chi connectivity index (χ0n) is 9.61. The quantitative estimate of drug-likeness (QED) is 0.766. The number of aromatic nitrogens is 1. The summed E-state index contributed by atoms with van der Waals surface area (Å²) in [6.45, 7) is 3.60. The molecule has 88 valence electrons. The van der Waals surface area contributed by atoms with Gasteiger partial charge < -0.3 is 4.74 Å². The number of esters is 1. The van der Waals surface area contributed by atoms with Gasteiger partial charge in [0.25, 0.3) is 0 Å². The van der Waals surface area contributed by atoms with E-state index < -0.39 is 5.97 Å². The lowest BCUT2D eigenvalue weighted by molar-refractivity contribution is 0.0371. The number of nitrogens with zero attached hydrogens (tertiary/aromatic N) is 1. The fraction of sp³-hybridized carbons (Fsp3) is 0.231. The van der Waals surface area contributed by atoms with Crippen molar-refractivity contribution in [2.75, 3.05) is 0 Å². The summed E-state index contributed by atoms with van der Waals surface area (Å²) in [5.41, 5.74) is 0.895. The molecule has 0 saturated carbocycles. The molecule has 0 atom stereocenters. The van der Waals surface area contributed by atoms with Crippen LogP contribution in [0.3, 0.4) is 0 Å². The lowest BCUT2D eigenvalue weighted by atomic mass is 10.2. The number of para-hydroxylation sites is 1. The molecule has 0 N–H and O–H groups in total. The summed E-state index contributed by atoms with van der Waals surface area (Å²) < 4.78 is 5.08. The molecular weight excluding hydrogens is 238 g/mol. The lowest BCUT2D eigenvalue weighted by Gasteiger charge is -2.08. The zero-order chi connectivity index (χ0) is 12.4. The average Bonchev–Trinajstić information content (AvgIpc) is 2.28. The van der Waals surface area contributed by atoms with Crippen LogP contribution in [0, 0.1) is 0 Å². The number of fused-ring (bicyclic) bond motifs is 1. The van der Waals surface area contributed by atoms with Crippen molar-refractivity contribution < 1.29 is 9.53 Å². The van der Waals surface area contributed by atoms with Gasteiger partial charge in [-0.3, -0.25) is 0 Å². The maximum Gasteiger partial charge on any atom is 0.357 e. The highest BCUT2D eigenvalue weighted by Crippen LogP contribution is 2.21. The Morgan fingerprint density at radius 1 is 1.29 bits per heavy atom. The molecule has 3 nitrogen and oxygen atoms in total. The van der Waals surface area contributed by atoms with Gasteiger partial charge in [0.15, 0.2) is 0 Å². The number of carbonyl (C=O) groups is 1. The normalized spacial score (nSPS) is 10.8. The van der Waals surface area contributed by atoms with Gasteiger partial charge in [-0.1, -0.05) is 29.8 Å². The van der Waals surface area contributed by atoms with Crippen molar-refractivity contribution in [3.8, 4) is 0 Å². The summed E-state index contributed by atoms with van der Waals surface area (Å²) in [6, 6.07) is 8.94. The van der Waals surface area contributed by atoms with E-state index in [1.165, 1.54) is 0 Å². The van der Waals surface area contributed by atoms with Crippen molar-refractivity contribution in [1.82, 2.24) is 4.98 Å². The Morgan fingerprint density at radius 2 is 2.06 bits per heavy atom. The van der Waals surface area contributed by atoms with Crippen molar-refractivity contribution in [1.29, 1.82) is 0 Å². The van der Waals surface area contributed by atoms with E-state index in [-0.39, 0.29) is 11.8 Å². The Bertz CT molecular complexity index is 566. The third kappa shape index (κ3) is 2.56. The van der Waals surface area contributed by atoms with Gasteiger partial charge in [-0.2, -0.15) is 0 Å². The van der Waals surface area contributed by atoms with E-state index in [9.17, 15) is 4.79 Å². The molecule has 0 aliphatic carbocycles. The molecule has 0 unspecified atom stereocenters. The molecule has 0 spiro atoms. The van der Waals surface area contributed by atoms with Crippen LogP contribution < -0.4 is 0 Å². The molecule has 0 amide bonds. The highest BCUT2D eigenvalue weighted by molar-refractivity contribution is 6.35. The Balaban J connectivity index is 2.44. The first kappa shape index (κ1) is 11.9. The summed E-state index contributed by atoms with van der Waals surface area (Å²) in [4.78, 5) is 15.9. The molecule has 0 radical (unpaired) electrons. The molecule has 1 aromatic heterocycles. The van der Waals surface area contributed by atoms with E-state index in [2.05, 4.69) is 4.98 Å². The Kier molecular flexibility index (Phi) is 3.29. The number of rotatable bonds is 2. The second kappa shape index (κ2) is 4.72. The summed E-state index contributed by atoms with van der Waals surface area (Å²) in [6.07, 6.45) is -0.161. The molecule has 2 rings (SSSR count). The summed E-state index contributed by atoms with van der Waals surface area (Å²) in [5.74, 6) is -0.429. The second-order valence-corrected chi connectivity index (χ2v) is 4.37. The monoisotopic (exact) mass is 249 g/mol. The molecule has 1 aromatic carbocycles. The van der Waals surface area contributed by atoms with Crippen LogP contribution in [0.1, 0.15) is 24.3 Å². The third-order valence-corrected chi connectivity index (χ3v) is 2.53. The van der Waals surface area contributed by atoms with Gasteiger partial charge >= 0.3 is 5.97 Å². The van der Waals surface area contributed by atoms with E-state index in [0.29, 0.717) is 10.5 Å².